The SMILES string of the molecule is CCc1ccc(C(C)(C)ON)cc1. The molecule has 1 aromatic carbocycles. The number of hydrogen-bond acceptors (Lipinski definition) is 2. The van der Waals surface area contributed by atoms with Gasteiger partial charge in [0.1, 0.15) is 5.60 Å². The van der Waals surface area contributed by atoms with Crippen molar-refractivity contribution < 1.29 is 4.84 Å². The van der Waals surface area contributed by atoms with Gasteiger partial charge in [0.25, 0.3) is 0 Å². The van der Waals surface area contributed by atoms with E-state index < -0.39 is 5.60 Å². The van der Waals surface area contributed by atoms with Crippen molar-refractivity contribution in [2.24, 2.45) is 5.90 Å². The van der Waals surface area contributed by atoms with Crippen LogP contribution in [0.3, 0.4) is 0 Å². The molecule has 0 aliphatic heterocycles. The minimum atomic E-state index is -0.397. The first-order valence-corrected chi connectivity index (χ1v) is 4.57. The quantitative estimate of drug-likeness (QED) is 0.723. The number of aryl methyl sites for hydroxylation is 1. The first-order chi connectivity index (χ1) is 6.10. The van der Waals surface area contributed by atoms with Crippen LogP contribution < -0.4 is 5.90 Å². The van der Waals surface area contributed by atoms with Crippen LogP contribution in [-0.4, -0.2) is 0 Å². The van der Waals surface area contributed by atoms with Gasteiger partial charge in [-0.15, -0.1) is 0 Å². The minimum Gasteiger partial charge on any atom is -0.294 e. The van der Waals surface area contributed by atoms with Gasteiger partial charge in [-0.05, 0) is 31.4 Å². The molecule has 0 radical (unpaired) electrons. The van der Waals surface area contributed by atoms with Crippen LogP contribution >= 0.6 is 0 Å². The average molecular weight is 179 g/mol. The van der Waals surface area contributed by atoms with Crippen LogP contribution in [0.25, 0.3) is 0 Å². The smallest absolute Gasteiger partial charge is 0.109 e. The van der Waals surface area contributed by atoms with Gasteiger partial charge in [0.05, 0.1) is 0 Å². The zero-order valence-corrected chi connectivity index (χ0v) is 8.50. The van der Waals surface area contributed by atoms with Gasteiger partial charge in [0.15, 0.2) is 0 Å². The molecule has 1 rings (SSSR count). The predicted octanol–water partition coefficient (Wildman–Crippen LogP) is 2.37. The molecule has 0 fully saturated rings. The van der Waals surface area contributed by atoms with Gasteiger partial charge in [-0.25, -0.2) is 5.90 Å². The van der Waals surface area contributed by atoms with E-state index >= 15 is 0 Å². The molecule has 0 bridgehead atoms. The molecule has 1 aromatic rings. The summed E-state index contributed by atoms with van der Waals surface area (Å²) >= 11 is 0. The van der Waals surface area contributed by atoms with Gasteiger partial charge >= 0.3 is 0 Å². The maximum Gasteiger partial charge on any atom is 0.109 e. The van der Waals surface area contributed by atoms with E-state index in [9.17, 15) is 0 Å². The van der Waals surface area contributed by atoms with E-state index in [1.54, 1.807) is 0 Å². The van der Waals surface area contributed by atoms with E-state index in [-0.39, 0.29) is 0 Å². The normalized spacial score (nSPS) is 11.7. The summed E-state index contributed by atoms with van der Waals surface area (Å²) in [5, 5.41) is 0. The Kier molecular flexibility index (Phi) is 3.07. The summed E-state index contributed by atoms with van der Waals surface area (Å²) in [6, 6.07) is 8.34. The molecule has 0 spiro atoms. The Morgan fingerprint density at radius 2 is 1.77 bits per heavy atom. The molecule has 2 N–H and O–H groups in total. The van der Waals surface area contributed by atoms with Gasteiger partial charge in [-0.2, -0.15) is 0 Å². The third kappa shape index (κ3) is 2.29. The molecule has 0 unspecified atom stereocenters. The van der Waals surface area contributed by atoms with Gasteiger partial charge in [-0.1, -0.05) is 31.2 Å². The monoisotopic (exact) mass is 179 g/mol. The molecule has 0 aromatic heterocycles. The topological polar surface area (TPSA) is 35.2 Å². The fraction of sp³-hybridized carbons (Fsp3) is 0.455. The maximum absolute atomic E-state index is 5.21. The van der Waals surface area contributed by atoms with E-state index in [2.05, 4.69) is 31.2 Å². The number of rotatable bonds is 3. The van der Waals surface area contributed by atoms with Crippen molar-refractivity contribution >= 4 is 0 Å². The van der Waals surface area contributed by atoms with Crippen molar-refractivity contribution in [1.29, 1.82) is 0 Å². The molecule has 0 atom stereocenters. The summed E-state index contributed by atoms with van der Waals surface area (Å²) in [5.74, 6) is 5.21. The first-order valence-electron chi connectivity index (χ1n) is 4.57. The highest BCUT2D eigenvalue weighted by Gasteiger charge is 2.19. The molecule has 13 heavy (non-hydrogen) atoms. The Morgan fingerprint density at radius 1 is 1.23 bits per heavy atom. The third-order valence-electron chi connectivity index (χ3n) is 2.35. The molecule has 0 amide bonds. The zero-order chi connectivity index (χ0) is 9.90. The second-order valence-electron chi connectivity index (χ2n) is 3.68. The molecule has 0 saturated heterocycles. The summed E-state index contributed by atoms with van der Waals surface area (Å²) in [7, 11) is 0. The van der Waals surface area contributed by atoms with Crippen LogP contribution in [0.15, 0.2) is 24.3 Å². The molecule has 0 heterocycles. The van der Waals surface area contributed by atoms with E-state index in [0.717, 1.165) is 12.0 Å². The zero-order valence-electron chi connectivity index (χ0n) is 8.50. The largest absolute Gasteiger partial charge is 0.294 e. The molecule has 72 valence electrons. The van der Waals surface area contributed by atoms with Crippen LogP contribution in [0, 0.1) is 0 Å². The first kappa shape index (κ1) is 10.2. The second kappa shape index (κ2) is 3.90. The van der Waals surface area contributed by atoms with Crippen LogP contribution in [0.1, 0.15) is 31.9 Å². The van der Waals surface area contributed by atoms with Crippen LogP contribution in [0.4, 0.5) is 0 Å². The van der Waals surface area contributed by atoms with Gasteiger partial charge in [0, 0.05) is 0 Å². The van der Waals surface area contributed by atoms with Gasteiger partial charge in [0.2, 0.25) is 0 Å². The van der Waals surface area contributed by atoms with E-state index in [1.807, 2.05) is 13.8 Å². The summed E-state index contributed by atoms with van der Waals surface area (Å²) in [5.41, 5.74) is 2.04. The van der Waals surface area contributed by atoms with E-state index in [0.29, 0.717) is 0 Å². The summed E-state index contributed by atoms with van der Waals surface area (Å²) in [6.07, 6.45) is 1.06. The maximum atomic E-state index is 5.21. The molecule has 0 aliphatic rings. The molecule has 2 heteroatoms. The fourth-order valence-electron chi connectivity index (χ4n) is 1.21. The van der Waals surface area contributed by atoms with Crippen molar-refractivity contribution in [1.82, 2.24) is 0 Å². The Labute approximate surface area is 79.7 Å². The Morgan fingerprint density at radius 3 is 2.15 bits per heavy atom. The number of nitrogens with two attached hydrogens (primary N) is 1. The van der Waals surface area contributed by atoms with Crippen molar-refractivity contribution in [2.75, 3.05) is 0 Å². The molecule has 0 aliphatic carbocycles. The number of benzene rings is 1. The van der Waals surface area contributed by atoms with Crippen molar-refractivity contribution in [3.63, 3.8) is 0 Å². The third-order valence-corrected chi connectivity index (χ3v) is 2.35. The summed E-state index contributed by atoms with van der Waals surface area (Å²) in [4.78, 5) is 4.90. The summed E-state index contributed by atoms with van der Waals surface area (Å²) < 4.78 is 0. The van der Waals surface area contributed by atoms with Crippen LogP contribution in [-0.2, 0) is 16.9 Å². The highest BCUT2D eigenvalue weighted by atomic mass is 16.6. The Bertz CT molecular complexity index is 264. The van der Waals surface area contributed by atoms with Crippen molar-refractivity contribution in [3.8, 4) is 0 Å². The molecular weight excluding hydrogens is 162 g/mol. The van der Waals surface area contributed by atoms with Gasteiger partial charge in [-0.3, -0.25) is 4.84 Å². The number of hydrogen-bond donors (Lipinski definition) is 1. The lowest BCUT2D eigenvalue weighted by Crippen LogP contribution is -2.25. The highest BCUT2D eigenvalue weighted by molar-refractivity contribution is 5.26. The lowest BCUT2D eigenvalue weighted by atomic mass is 9.97. The summed E-state index contributed by atoms with van der Waals surface area (Å²) in [6.45, 7) is 6.04. The Hall–Kier alpha value is -0.860. The molecule has 2 nitrogen and oxygen atoms in total. The second-order valence-corrected chi connectivity index (χ2v) is 3.68. The highest BCUT2D eigenvalue weighted by Crippen LogP contribution is 2.22. The predicted molar refractivity (Wildman–Crippen MR) is 54.1 cm³/mol. The van der Waals surface area contributed by atoms with Crippen molar-refractivity contribution in [3.05, 3.63) is 35.4 Å². The lowest BCUT2D eigenvalue weighted by molar-refractivity contribution is -0.0236. The minimum absolute atomic E-state index is 0.397. The lowest BCUT2D eigenvalue weighted by Gasteiger charge is -2.22. The fourth-order valence-corrected chi connectivity index (χ4v) is 1.21. The van der Waals surface area contributed by atoms with Gasteiger partial charge < -0.3 is 0 Å². The van der Waals surface area contributed by atoms with E-state index in [1.165, 1.54) is 5.56 Å². The standard InChI is InChI=1S/C11H17NO/c1-4-9-5-7-10(8-6-9)11(2,3)13-12/h5-8H,4,12H2,1-3H3. The Balaban J connectivity index is 2.92. The van der Waals surface area contributed by atoms with Crippen LogP contribution in [0.2, 0.25) is 0 Å². The van der Waals surface area contributed by atoms with Crippen molar-refractivity contribution in [2.45, 2.75) is 32.8 Å². The van der Waals surface area contributed by atoms with Crippen LogP contribution in [0.5, 0.6) is 0 Å². The average Bonchev–Trinajstić information content (AvgIpc) is 2.18. The molecular formula is C11H17NO. The van der Waals surface area contributed by atoms with E-state index in [4.69, 9.17) is 10.7 Å². The molecule has 0 saturated carbocycles.